The Labute approximate surface area is 119 Å². The van der Waals surface area contributed by atoms with Crippen LogP contribution in [-0.4, -0.2) is 12.0 Å². The summed E-state index contributed by atoms with van der Waals surface area (Å²) >= 11 is 0. The number of amides is 1. The first-order valence-corrected chi connectivity index (χ1v) is 6.15. The van der Waals surface area contributed by atoms with Gasteiger partial charge in [-0.3, -0.25) is 4.79 Å². The number of carbonyl (C=O) groups excluding carboxylic acids is 1. The highest BCUT2D eigenvalue weighted by molar-refractivity contribution is 5.94. The lowest BCUT2D eigenvalue weighted by Crippen LogP contribution is -2.31. The molecule has 0 saturated heterocycles. The van der Waals surface area contributed by atoms with Gasteiger partial charge in [0.25, 0.3) is 5.91 Å². The summed E-state index contributed by atoms with van der Waals surface area (Å²) in [5, 5.41) is 2.08. The van der Waals surface area contributed by atoms with E-state index >= 15 is 0 Å². The molecule has 6 heteroatoms. The second-order valence-corrected chi connectivity index (χ2v) is 4.28. The smallest absolute Gasteiger partial charge is 0.265 e. The van der Waals surface area contributed by atoms with E-state index in [1.165, 1.54) is 31.2 Å². The van der Waals surface area contributed by atoms with Crippen molar-refractivity contribution in [2.75, 3.05) is 5.32 Å². The fraction of sp³-hybridized carbons (Fsp3) is 0.133. The highest BCUT2D eigenvalue weighted by Gasteiger charge is 2.19. The number of hydrogen-bond acceptors (Lipinski definition) is 2. The van der Waals surface area contributed by atoms with Crippen LogP contribution in [0.1, 0.15) is 6.92 Å². The number of halogens is 3. The molecule has 0 aliphatic carbocycles. The van der Waals surface area contributed by atoms with Gasteiger partial charge in [0.2, 0.25) is 0 Å². The molecule has 0 fully saturated rings. The molecule has 0 saturated carbocycles. The van der Waals surface area contributed by atoms with E-state index in [1.54, 1.807) is 6.07 Å². The predicted octanol–water partition coefficient (Wildman–Crippen LogP) is 3.51. The van der Waals surface area contributed by atoms with Crippen LogP contribution in [-0.2, 0) is 4.79 Å². The minimum Gasteiger partial charge on any atom is -0.478 e. The number of hydrogen-bond donors (Lipinski definition) is 1. The van der Waals surface area contributed by atoms with Crippen LogP contribution in [0.2, 0.25) is 0 Å². The standard InChI is InChI=1S/C15H12F3NO2/c1-9(21-13-8-3-2-5-10(13)16)15(20)19-14-11(17)6-4-7-12(14)18/h2-9H,1H3,(H,19,20)/t9-/m0/s1. The van der Waals surface area contributed by atoms with Crippen LogP contribution in [0.15, 0.2) is 42.5 Å². The van der Waals surface area contributed by atoms with Crippen molar-refractivity contribution in [2.24, 2.45) is 0 Å². The molecule has 1 amide bonds. The Kier molecular flexibility index (Phi) is 4.47. The molecule has 21 heavy (non-hydrogen) atoms. The molecule has 0 heterocycles. The molecule has 1 N–H and O–H groups in total. The number of benzene rings is 2. The third kappa shape index (κ3) is 3.53. The van der Waals surface area contributed by atoms with Crippen LogP contribution in [0.25, 0.3) is 0 Å². The molecule has 0 aliphatic heterocycles. The normalized spacial score (nSPS) is 11.8. The number of anilines is 1. The van der Waals surface area contributed by atoms with E-state index in [9.17, 15) is 18.0 Å². The molecule has 3 nitrogen and oxygen atoms in total. The summed E-state index contributed by atoms with van der Waals surface area (Å²) in [6.45, 7) is 1.35. The molecular formula is C15H12F3NO2. The van der Waals surface area contributed by atoms with Crippen molar-refractivity contribution in [2.45, 2.75) is 13.0 Å². The Balaban J connectivity index is 2.08. The minimum atomic E-state index is -1.12. The molecule has 0 bridgehead atoms. The van der Waals surface area contributed by atoms with Crippen molar-refractivity contribution < 1.29 is 22.7 Å². The van der Waals surface area contributed by atoms with Crippen molar-refractivity contribution >= 4 is 11.6 Å². The largest absolute Gasteiger partial charge is 0.478 e. The number of carbonyl (C=O) groups is 1. The van der Waals surface area contributed by atoms with Gasteiger partial charge < -0.3 is 10.1 Å². The van der Waals surface area contributed by atoms with Gasteiger partial charge in [-0.2, -0.15) is 0 Å². The Morgan fingerprint density at radius 2 is 1.57 bits per heavy atom. The second-order valence-electron chi connectivity index (χ2n) is 4.28. The van der Waals surface area contributed by atoms with Crippen molar-refractivity contribution in [3.05, 3.63) is 59.9 Å². The van der Waals surface area contributed by atoms with Crippen LogP contribution >= 0.6 is 0 Å². The van der Waals surface area contributed by atoms with Gasteiger partial charge in [0, 0.05) is 0 Å². The van der Waals surface area contributed by atoms with Gasteiger partial charge in [0.15, 0.2) is 17.7 Å². The Hall–Kier alpha value is -2.50. The zero-order valence-corrected chi connectivity index (χ0v) is 11.1. The van der Waals surface area contributed by atoms with Crippen LogP contribution < -0.4 is 10.1 Å². The Morgan fingerprint density at radius 3 is 2.19 bits per heavy atom. The Bertz CT molecular complexity index is 641. The molecular weight excluding hydrogens is 283 g/mol. The quantitative estimate of drug-likeness (QED) is 0.937. The number of rotatable bonds is 4. The monoisotopic (exact) mass is 295 g/mol. The number of nitrogens with one attached hydrogen (secondary N) is 1. The zero-order chi connectivity index (χ0) is 15.4. The first-order valence-electron chi connectivity index (χ1n) is 6.15. The molecule has 2 aromatic carbocycles. The van der Waals surface area contributed by atoms with Crippen LogP contribution in [0.5, 0.6) is 5.75 Å². The SMILES string of the molecule is C[C@H](Oc1ccccc1F)C(=O)Nc1c(F)cccc1F. The fourth-order valence-electron chi connectivity index (χ4n) is 1.63. The fourth-order valence-corrected chi connectivity index (χ4v) is 1.63. The molecule has 0 radical (unpaired) electrons. The van der Waals surface area contributed by atoms with Crippen molar-refractivity contribution in [1.29, 1.82) is 0 Å². The number of ether oxygens (including phenoxy) is 1. The van der Waals surface area contributed by atoms with Crippen molar-refractivity contribution in [1.82, 2.24) is 0 Å². The van der Waals surface area contributed by atoms with E-state index in [4.69, 9.17) is 4.74 Å². The van der Waals surface area contributed by atoms with Gasteiger partial charge in [-0.15, -0.1) is 0 Å². The molecule has 1 atom stereocenters. The average molecular weight is 295 g/mol. The zero-order valence-electron chi connectivity index (χ0n) is 11.1. The first-order chi connectivity index (χ1) is 9.99. The van der Waals surface area contributed by atoms with E-state index < -0.39 is 35.2 Å². The van der Waals surface area contributed by atoms with Crippen LogP contribution in [0, 0.1) is 17.5 Å². The van der Waals surface area contributed by atoms with E-state index in [-0.39, 0.29) is 5.75 Å². The molecule has 0 aromatic heterocycles. The molecule has 2 rings (SSSR count). The second kappa shape index (κ2) is 6.30. The highest BCUT2D eigenvalue weighted by atomic mass is 19.1. The third-order valence-electron chi connectivity index (χ3n) is 2.72. The lowest BCUT2D eigenvalue weighted by Gasteiger charge is -2.15. The third-order valence-corrected chi connectivity index (χ3v) is 2.72. The summed E-state index contributed by atoms with van der Waals surface area (Å²) in [4.78, 5) is 11.8. The van der Waals surface area contributed by atoms with E-state index in [0.29, 0.717) is 0 Å². The van der Waals surface area contributed by atoms with Gasteiger partial charge in [-0.25, -0.2) is 13.2 Å². The van der Waals surface area contributed by atoms with Crippen LogP contribution in [0.3, 0.4) is 0 Å². The Morgan fingerprint density at radius 1 is 1.00 bits per heavy atom. The summed E-state index contributed by atoms with van der Waals surface area (Å²) in [7, 11) is 0. The van der Waals surface area contributed by atoms with E-state index in [0.717, 1.165) is 12.1 Å². The number of para-hydroxylation sites is 2. The summed E-state index contributed by atoms with van der Waals surface area (Å²) < 4.78 is 45.3. The van der Waals surface area contributed by atoms with Gasteiger partial charge in [-0.05, 0) is 31.2 Å². The molecule has 0 unspecified atom stereocenters. The lowest BCUT2D eigenvalue weighted by molar-refractivity contribution is -0.122. The molecule has 2 aromatic rings. The van der Waals surface area contributed by atoms with Crippen molar-refractivity contribution in [3.8, 4) is 5.75 Å². The maximum absolute atomic E-state index is 13.4. The molecule has 110 valence electrons. The van der Waals surface area contributed by atoms with E-state index in [2.05, 4.69) is 5.32 Å². The summed E-state index contributed by atoms with van der Waals surface area (Å²) in [5.74, 6) is -3.34. The summed E-state index contributed by atoms with van der Waals surface area (Å²) in [6.07, 6.45) is -1.12. The van der Waals surface area contributed by atoms with Gasteiger partial charge >= 0.3 is 0 Å². The van der Waals surface area contributed by atoms with Crippen LogP contribution in [0.4, 0.5) is 18.9 Å². The van der Waals surface area contributed by atoms with Gasteiger partial charge in [0.1, 0.15) is 17.3 Å². The van der Waals surface area contributed by atoms with E-state index in [1.807, 2.05) is 0 Å². The lowest BCUT2D eigenvalue weighted by atomic mass is 10.2. The van der Waals surface area contributed by atoms with Gasteiger partial charge in [0.05, 0.1) is 0 Å². The molecule has 0 aliphatic rings. The first kappa shape index (κ1) is 14.9. The maximum atomic E-state index is 13.4. The van der Waals surface area contributed by atoms with Gasteiger partial charge in [-0.1, -0.05) is 18.2 Å². The molecule has 0 spiro atoms. The highest BCUT2D eigenvalue weighted by Crippen LogP contribution is 2.20. The maximum Gasteiger partial charge on any atom is 0.265 e. The minimum absolute atomic E-state index is 0.117. The topological polar surface area (TPSA) is 38.3 Å². The predicted molar refractivity (Wildman–Crippen MR) is 71.5 cm³/mol. The average Bonchev–Trinajstić information content (AvgIpc) is 2.45. The summed E-state index contributed by atoms with van der Waals surface area (Å²) in [5.41, 5.74) is -0.563. The summed E-state index contributed by atoms with van der Waals surface area (Å²) in [6, 6.07) is 8.75. The van der Waals surface area contributed by atoms with Crippen molar-refractivity contribution in [3.63, 3.8) is 0 Å².